The number of hydrogen-bond acceptors (Lipinski definition) is 5. The maximum atomic E-state index is 12.3. The van der Waals surface area contributed by atoms with Gasteiger partial charge >= 0.3 is 0 Å². The number of benzene rings is 1. The Morgan fingerprint density at radius 3 is 2.73 bits per heavy atom. The van der Waals surface area contributed by atoms with Gasteiger partial charge in [0.1, 0.15) is 6.10 Å². The van der Waals surface area contributed by atoms with E-state index in [2.05, 4.69) is 10.6 Å². The van der Waals surface area contributed by atoms with Crippen LogP contribution in [0, 0.1) is 0 Å². The van der Waals surface area contributed by atoms with Crippen molar-refractivity contribution in [3.05, 3.63) is 23.8 Å². The van der Waals surface area contributed by atoms with Crippen LogP contribution < -0.4 is 20.1 Å². The van der Waals surface area contributed by atoms with E-state index < -0.39 is 6.10 Å². The van der Waals surface area contributed by atoms with Gasteiger partial charge in [-0.05, 0) is 50.3 Å². The van der Waals surface area contributed by atoms with Crippen molar-refractivity contribution >= 4 is 18.3 Å². The molecule has 2 aliphatic rings. The number of carbonyl (C=O) groups excluding carboxylic acids is 1. The quantitative estimate of drug-likeness (QED) is 0.789. The second kappa shape index (κ2) is 10.00. The summed E-state index contributed by atoms with van der Waals surface area (Å²) < 4.78 is 17.1. The fourth-order valence-corrected chi connectivity index (χ4v) is 3.36. The van der Waals surface area contributed by atoms with Crippen LogP contribution in [0.2, 0.25) is 0 Å². The third-order valence-electron chi connectivity index (χ3n) is 4.86. The van der Waals surface area contributed by atoms with Crippen LogP contribution in [0.1, 0.15) is 44.2 Å². The summed E-state index contributed by atoms with van der Waals surface area (Å²) in [7, 11) is 1.64. The molecular formula is C19H29ClN2O4. The summed E-state index contributed by atoms with van der Waals surface area (Å²) in [5.74, 6) is 1.39. The van der Waals surface area contributed by atoms with Gasteiger partial charge in [0.05, 0.1) is 25.9 Å². The molecule has 1 amide bonds. The summed E-state index contributed by atoms with van der Waals surface area (Å²) in [5.41, 5.74) is 0.979. The number of ether oxygens (including phenoxy) is 3. The second-order valence-electron chi connectivity index (χ2n) is 6.73. The third kappa shape index (κ3) is 5.25. The van der Waals surface area contributed by atoms with E-state index in [9.17, 15) is 4.79 Å². The van der Waals surface area contributed by atoms with Crippen molar-refractivity contribution in [3.63, 3.8) is 0 Å². The standard InChI is InChI=1S/C19H28N2O4.ClH/c1-13(21-19(22)18-12-20-9-10-24-18)14-7-8-16(17(11-14)23-2)25-15-5-3-4-6-15;/h7-8,11,13,15,18,20H,3-6,9-10,12H2,1-2H3,(H,21,22);1H. The molecule has 3 rings (SSSR count). The summed E-state index contributed by atoms with van der Waals surface area (Å²) in [6, 6.07) is 5.73. The SMILES string of the molecule is COc1cc(C(C)NC(=O)C2CNCCO2)ccc1OC1CCCC1.Cl. The lowest BCUT2D eigenvalue weighted by Crippen LogP contribution is -2.48. The minimum absolute atomic E-state index is 0. The fourth-order valence-electron chi connectivity index (χ4n) is 3.36. The van der Waals surface area contributed by atoms with Crippen molar-refractivity contribution in [1.29, 1.82) is 0 Å². The van der Waals surface area contributed by atoms with Crippen LogP contribution >= 0.6 is 12.4 Å². The average molecular weight is 385 g/mol. The molecule has 146 valence electrons. The van der Waals surface area contributed by atoms with Gasteiger partial charge in [0, 0.05) is 13.1 Å². The molecule has 2 atom stereocenters. The molecule has 0 spiro atoms. The Labute approximate surface area is 161 Å². The Morgan fingerprint density at radius 1 is 1.31 bits per heavy atom. The second-order valence-corrected chi connectivity index (χ2v) is 6.73. The molecule has 6 nitrogen and oxygen atoms in total. The number of methoxy groups -OCH3 is 1. The first-order valence-electron chi connectivity index (χ1n) is 9.14. The van der Waals surface area contributed by atoms with Gasteiger partial charge in [0.2, 0.25) is 0 Å². The number of nitrogens with one attached hydrogen (secondary N) is 2. The summed E-state index contributed by atoms with van der Waals surface area (Å²) in [6.07, 6.45) is 4.52. The fraction of sp³-hybridized carbons (Fsp3) is 0.632. The highest BCUT2D eigenvalue weighted by molar-refractivity contribution is 5.85. The highest BCUT2D eigenvalue weighted by Crippen LogP contribution is 2.33. The van der Waals surface area contributed by atoms with Crippen molar-refractivity contribution < 1.29 is 19.0 Å². The molecular weight excluding hydrogens is 356 g/mol. The van der Waals surface area contributed by atoms with E-state index in [1.165, 1.54) is 12.8 Å². The van der Waals surface area contributed by atoms with Crippen LogP contribution in [-0.4, -0.2) is 44.9 Å². The normalized spacial score (nSPS) is 21.5. The molecule has 2 N–H and O–H groups in total. The number of hydrogen-bond donors (Lipinski definition) is 2. The lowest BCUT2D eigenvalue weighted by atomic mass is 10.1. The van der Waals surface area contributed by atoms with Gasteiger partial charge in [0.25, 0.3) is 5.91 Å². The number of amides is 1. The third-order valence-corrected chi connectivity index (χ3v) is 4.86. The van der Waals surface area contributed by atoms with E-state index in [1.54, 1.807) is 7.11 Å². The Bertz CT molecular complexity index is 587. The molecule has 7 heteroatoms. The summed E-state index contributed by atoms with van der Waals surface area (Å²) in [6.45, 7) is 3.86. The molecule has 1 saturated heterocycles. The molecule has 0 radical (unpaired) electrons. The Hall–Kier alpha value is -1.50. The summed E-state index contributed by atoms with van der Waals surface area (Å²) in [5, 5.41) is 6.18. The average Bonchev–Trinajstić information content (AvgIpc) is 3.15. The summed E-state index contributed by atoms with van der Waals surface area (Å²) >= 11 is 0. The largest absolute Gasteiger partial charge is 0.493 e. The van der Waals surface area contributed by atoms with E-state index >= 15 is 0 Å². The molecule has 26 heavy (non-hydrogen) atoms. The Kier molecular flexibility index (Phi) is 8.00. The molecule has 1 aromatic carbocycles. The van der Waals surface area contributed by atoms with Crippen molar-refractivity contribution in [3.8, 4) is 11.5 Å². The zero-order valence-corrected chi connectivity index (χ0v) is 16.3. The van der Waals surface area contributed by atoms with Crippen LogP contribution in [0.3, 0.4) is 0 Å². The molecule has 2 fully saturated rings. The first-order chi connectivity index (χ1) is 12.2. The molecule has 1 saturated carbocycles. The zero-order valence-electron chi connectivity index (χ0n) is 15.5. The highest BCUT2D eigenvalue weighted by atomic mass is 35.5. The predicted octanol–water partition coefficient (Wildman–Crippen LogP) is 2.60. The monoisotopic (exact) mass is 384 g/mol. The van der Waals surface area contributed by atoms with Crippen molar-refractivity contribution in [1.82, 2.24) is 10.6 Å². The molecule has 0 aromatic heterocycles. The van der Waals surface area contributed by atoms with Crippen LogP contribution in [0.15, 0.2) is 18.2 Å². The number of halogens is 1. The first kappa shape index (κ1) is 20.8. The predicted molar refractivity (Wildman–Crippen MR) is 102 cm³/mol. The van der Waals surface area contributed by atoms with Crippen LogP contribution in [0.5, 0.6) is 11.5 Å². The molecule has 1 aromatic rings. The van der Waals surface area contributed by atoms with Gasteiger partial charge < -0.3 is 24.8 Å². The van der Waals surface area contributed by atoms with E-state index in [-0.39, 0.29) is 30.5 Å². The zero-order chi connectivity index (χ0) is 17.6. The topological polar surface area (TPSA) is 68.8 Å². The van der Waals surface area contributed by atoms with E-state index in [1.807, 2.05) is 25.1 Å². The van der Waals surface area contributed by atoms with Crippen molar-refractivity contribution in [2.75, 3.05) is 26.8 Å². The number of rotatable bonds is 6. The minimum Gasteiger partial charge on any atom is -0.493 e. The van der Waals surface area contributed by atoms with Gasteiger partial charge in [-0.2, -0.15) is 0 Å². The number of morpholine rings is 1. The van der Waals surface area contributed by atoms with Gasteiger partial charge in [-0.3, -0.25) is 4.79 Å². The van der Waals surface area contributed by atoms with Crippen LogP contribution in [0.25, 0.3) is 0 Å². The van der Waals surface area contributed by atoms with Gasteiger partial charge in [-0.25, -0.2) is 0 Å². The molecule has 1 aliphatic carbocycles. The van der Waals surface area contributed by atoms with Crippen molar-refractivity contribution in [2.45, 2.75) is 50.9 Å². The smallest absolute Gasteiger partial charge is 0.250 e. The highest BCUT2D eigenvalue weighted by Gasteiger charge is 2.24. The Balaban J connectivity index is 0.00000243. The molecule has 2 unspecified atom stereocenters. The maximum absolute atomic E-state index is 12.3. The minimum atomic E-state index is -0.428. The maximum Gasteiger partial charge on any atom is 0.250 e. The van der Waals surface area contributed by atoms with E-state index in [4.69, 9.17) is 14.2 Å². The Morgan fingerprint density at radius 2 is 2.08 bits per heavy atom. The van der Waals surface area contributed by atoms with Gasteiger partial charge in [0.15, 0.2) is 11.5 Å². The first-order valence-corrected chi connectivity index (χ1v) is 9.14. The molecule has 1 aliphatic heterocycles. The number of carbonyl (C=O) groups is 1. The molecule has 0 bridgehead atoms. The van der Waals surface area contributed by atoms with Gasteiger partial charge in [-0.15, -0.1) is 12.4 Å². The van der Waals surface area contributed by atoms with Crippen molar-refractivity contribution in [2.24, 2.45) is 0 Å². The molecule has 1 heterocycles. The van der Waals surface area contributed by atoms with E-state index in [0.29, 0.717) is 18.9 Å². The van der Waals surface area contributed by atoms with Crippen LogP contribution in [0.4, 0.5) is 0 Å². The summed E-state index contributed by atoms with van der Waals surface area (Å²) in [4.78, 5) is 12.3. The lowest BCUT2D eigenvalue weighted by Gasteiger charge is -2.25. The van der Waals surface area contributed by atoms with E-state index in [0.717, 1.165) is 30.7 Å². The van der Waals surface area contributed by atoms with Gasteiger partial charge in [-0.1, -0.05) is 6.07 Å². The van der Waals surface area contributed by atoms with Crippen LogP contribution in [-0.2, 0) is 9.53 Å². The lowest BCUT2D eigenvalue weighted by molar-refractivity contribution is -0.134.